The number of hydrogen-bond donors (Lipinski definition) is 1. The number of aliphatic carboxylic acids is 1. The SMILES string of the molecule is CC(CC(=O)O)c1ccc(OS(=O)(=O)C(F)(F)F)cc1. The number of carboxylic acid groups (broad SMARTS) is 1. The fraction of sp³-hybridized carbons (Fsp3) is 0.364. The zero-order chi connectivity index (χ0) is 15.6. The zero-order valence-electron chi connectivity index (χ0n) is 10.2. The number of carbonyl (C=O) groups is 1. The molecule has 1 aromatic carbocycles. The number of carboxylic acids is 1. The van der Waals surface area contributed by atoms with Gasteiger partial charge in [-0.1, -0.05) is 19.1 Å². The van der Waals surface area contributed by atoms with Gasteiger partial charge in [0, 0.05) is 0 Å². The second kappa shape index (κ2) is 5.70. The molecular weight excluding hydrogens is 301 g/mol. The van der Waals surface area contributed by atoms with E-state index in [0.29, 0.717) is 5.56 Å². The van der Waals surface area contributed by atoms with E-state index in [9.17, 15) is 26.4 Å². The van der Waals surface area contributed by atoms with Gasteiger partial charge in [0.15, 0.2) is 0 Å². The first kappa shape index (κ1) is 16.3. The standard InChI is InChI=1S/C11H11F3O5S/c1-7(6-10(15)16)8-2-4-9(5-3-8)19-20(17,18)11(12,13)14/h2-5,7H,6H2,1H3,(H,15,16). The maximum Gasteiger partial charge on any atom is 0.534 e. The van der Waals surface area contributed by atoms with Crippen LogP contribution >= 0.6 is 0 Å². The molecule has 0 amide bonds. The van der Waals surface area contributed by atoms with Crippen molar-refractivity contribution in [3.63, 3.8) is 0 Å². The van der Waals surface area contributed by atoms with E-state index < -0.39 is 27.3 Å². The Bertz CT molecular complexity index is 577. The molecule has 0 fully saturated rings. The van der Waals surface area contributed by atoms with Crippen LogP contribution in [0.3, 0.4) is 0 Å². The van der Waals surface area contributed by atoms with Crippen LogP contribution in [-0.4, -0.2) is 25.0 Å². The molecule has 9 heteroatoms. The van der Waals surface area contributed by atoms with Gasteiger partial charge < -0.3 is 9.29 Å². The van der Waals surface area contributed by atoms with Crippen molar-refractivity contribution >= 4 is 16.1 Å². The van der Waals surface area contributed by atoms with E-state index in [2.05, 4.69) is 4.18 Å². The van der Waals surface area contributed by atoms with Crippen LogP contribution in [0, 0.1) is 0 Å². The van der Waals surface area contributed by atoms with Crippen molar-refractivity contribution < 1.29 is 35.7 Å². The average Bonchev–Trinajstić information content (AvgIpc) is 2.26. The van der Waals surface area contributed by atoms with E-state index in [4.69, 9.17) is 5.11 Å². The molecule has 1 unspecified atom stereocenters. The van der Waals surface area contributed by atoms with E-state index in [1.165, 1.54) is 12.1 Å². The first-order valence-corrected chi connectivity index (χ1v) is 6.76. The average molecular weight is 312 g/mol. The van der Waals surface area contributed by atoms with Crippen LogP contribution in [0.15, 0.2) is 24.3 Å². The molecule has 1 rings (SSSR count). The normalized spacial score (nSPS) is 13.8. The quantitative estimate of drug-likeness (QED) is 0.667. The van der Waals surface area contributed by atoms with Gasteiger partial charge in [0.05, 0.1) is 6.42 Å². The fourth-order valence-electron chi connectivity index (χ4n) is 1.41. The molecule has 0 aliphatic carbocycles. The van der Waals surface area contributed by atoms with Gasteiger partial charge in [0.25, 0.3) is 0 Å². The van der Waals surface area contributed by atoms with Crippen molar-refractivity contribution in [3.8, 4) is 5.75 Å². The molecule has 0 heterocycles. The zero-order valence-corrected chi connectivity index (χ0v) is 11.0. The van der Waals surface area contributed by atoms with Crippen molar-refractivity contribution in [3.05, 3.63) is 29.8 Å². The molecule has 0 aromatic heterocycles. The van der Waals surface area contributed by atoms with Crippen molar-refractivity contribution in [2.45, 2.75) is 24.8 Å². The molecule has 0 aliphatic rings. The summed E-state index contributed by atoms with van der Waals surface area (Å²) in [5, 5.41) is 8.61. The Morgan fingerprint density at radius 3 is 2.20 bits per heavy atom. The summed E-state index contributed by atoms with van der Waals surface area (Å²) < 4.78 is 61.7. The Labute approximate surface area is 113 Å². The van der Waals surface area contributed by atoms with Gasteiger partial charge in [0.1, 0.15) is 5.75 Å². The van der Waals surface area contributed by atoms with E-state index >= 15 is 0 Å². The number of benzene rings is 1. The van der Waals surface area contributed by atoms with E-state index in [1.54, 1.807) is 6.92 Å². The van der Waals surface area contributed by atoms with Crippen LogP contribution in [0.1, 0.15) is 24.8 Å². The van der Waals surface area contributed by atoms with Crippen LogP contribution in [0.2, 0.25) is 0 Å². The Morgan fingerprint density at radius 2 is 1.80 bits per heavy atom. The molecule has 0 radical (unpaired) electrons. The highest BCUT2D eigenvalue weighted by Gasteiger charge is 2.48. The molecule has 112 valence electrons. The number of hydrogen-bond acceptors (Lipinski definition) is 4. The molecule has 5 nitrogen and oxygen atoms in total. The lowest BCUT2D eigenvalue weighted by molar-refractivity contribution is -0.137. The van der Waals surface area contributed by atoms with Crippen LogP contribution < -0.4 is 4.18 Å². The summed E-state index contributed by atoms with van der Waals surface area (Å²) in [6.07, 6.45) is -0.152. The highest BCUT2D eigenvalue weighted by atomic mass is 32.2. The lowest BCUT2D eigenvalue weighted by Gasteiger charge is -2.12. The second-order valence-corrected chi connectivity index (χ2v) is 5.59. The van der Waals surface area contributed by atoms with Crippen molar-refractivity contribution in [2.75, 3.05) is 0 Å². The summed E-state index contributed by atoms with van der Waals surface area (Å²) in [6.45, 7) is 1.62. The van der Waals surface area contributed by atoms with Gasteiger partial charge in [0.2, 0.25) is 0 Å². The molecule has 1 N–H and O–H groups in total. The maximum absolute atomic E-state index is 12.1. The molecule has 20 heavy (non-hydrogen) atoms. The topological polar surface area (TPSA) is 80.7 Å². The van der Waals surface area contributed by atoms with Gasteiger partial charge in [-0.2, -0.15) is 21.6 Å². The summed E-state index contributed by atoms with van der Waals surface area (Å²) in [5.41, 5.74) is -4.95. The van der Waals surface area contributed by atoms with Gasteiger partial charge in [-0.3, -0.25) is 4.79 Å². The van der Waals surface area contributed by atoms with Crippen LogP contribution in [0.25, 0.3) is 0 Å². The number of rotatable bonds is 5. The minimum Gasteiger partial charge on any atom is -0.481 e. The van der Waals surface area contributed by atoms with E-state index in [0.717, 1.165) is 12.1 Å². The molecule has 1 atom stereocenters. The summed E-state index contributed by atoms with van der Waals surface area (Å²) in [4.78, 5) is 10.5. The monoisotopic (exact) mass is 312 g/mol. The van der Waals surface area contributed by atoms with Gasteiger partial charge in [-0.05, 0) is 23.6 Å². The summed E-state index contributed by atoms with van der Waals surface area (Å²) in [7, 11) is -5.70. The lowest BCUT2D eigenvalue weighted by Crippen LogP contribution is -2.28. The summed E-state index contributed by atoms with van der Waals surface area (Å²) in [6, 6.07) is 4.71. The Morgan fingerprint density at radius 1 is 1.30 bits per heavy atom. The van der Waals surface area contributed by atoms with Crippen LogP contribution in [-0.2, 0) is 14.9 Å². The van der Waals surface area contributed by atoms with Crippen LogP contribution in [0.4, 0.5) is 13.2 Å². The largest absolute Gasteiger partial charge is 0.534 e. The fourth-order valence-corrected chi connectivity index (χ4v) is 1.86. The van der Waals surface area contributed by atoms with Crippen LogP contribution in [0.5, 0.6) is 5.75 Å². The minimum absolute atomic E-state index is 0.152. The third-order valence-corrected chi connectivity index (χ3v) is 3.40. The first-order valence-electron chi connectivity index (χ1n) is 5.35. The molecule has 0 saturated carbocycles. The Hall–Kier alpha value is -1.77. The Balaban J connectivity index is 2.85. The van der Waals surface area contributed by atoms with E-state index in [-0.39, 0.29) is 12.3 Å². The Kier molecular flexibility index (Phi) is 4.64. The van der Waals surface area contributed by atoms with Crippen molar-refractivity contribution in [2.24, 2.45) is 0 Å². The molecular formula is C11H11F3O5S. The third-order valence-electron chi connectivity index (χ3n) is 2.42. The second-order valence-electron chi connectivity index (χ2n) is 4.05. The molecule has 0 bridgehead atoms. The highest BCUT2D eigenvalue weighted by molar-refractivity contribution is 7.87. The third kappa shape index (κ3) is 4.12. The van der Waals surface area contributed by atoms with E-state index in [1.807, 2.05) is 0 Å². The predicted molar refractivity (Wildman–Crippen MR) is 62.7 cm³/mol. The number of alkyl halides is 3. The lowest BCUT2D eigenvalue weighted by atomic mass is 9.98. The first-order chi connectivity index (χ1) is 9.03. The minimum atomic E-state index is -5.70. The molecule has 0 saturated heterocycles. The highest BCUT2D eigenvalue weighted by Crippen LogP contribution is 2.28. The van der Waals surface area contributed by atoms with Gasteiger partial charge >= 0.3 is 21.6 Å². The smallest absolute Gasteiger partial charge is 0.481 e. The van der Waals surface area contributed by atoms with Crippen molar-refractivity contribution in [1.82, 2.24) is 0 Å². The predicted octanol–water partition coefficient (Wildman–Crippen LogP) is 2.49. The maximum atomic E-state index is 12.1. The van der Waals surface area contributed by atoms with Crippen molar-refractivity contribution in [1.29, 1.82) is 0 Å². The number of halogens is 3. The van der Waals surface area contributed by atoms with Gasteiger partial charge in [-0.15, -0.1) is 0 Å². The summed E-state index contributed by atoms with van der Waals surface area (Å²) >= 11 is 0. The summed E-state index contributed by atoms with van der Waals surface area (Å²) in [5.74, 6) is -1.87. The molecule has 1 aromatic rings. The van der Waals surface area contributed by atoms with Gasteiger partial charge in [-0.25, -0.2) is 0 Å². The molecule has 0 aliphatic heterocycles. The molecule has 0 spiro atoms.